The highest BCUT2D eigenvalue weighted by Gasteiger charge is 2.46. The minimum Gasteiger partial charge on any atom is -0.348 e. The number of likely N-dealkylation sites (N-methyl/N-ethyl adjacent to an activating group) is 1. The smallest absolute Gasteiger partial charge is 0.248 e. The number of carbonyl (C=O) groups is 2. The van der Waals surface area contributed by atoms with E-state index in [1.54, 1.807) is 4.90 Å². The number of fused-ring (bicyclic) bond motifs is 1. The van der Waals surface area contributed by atoms with E-state index in [4.69, 9.17) is 0 Å². The number of anilines is 3. The molecule has 30 heavy (non-hydrogen) atoms. The topological polar surface area (TPSA) is 90.5 Å². The zero-order chi connectivity index (χ0) is 21.8. The van der Waals surface area contributed by atoms with Gasteiger partial charge in [0.25, 0.3) is 0 Å². The monoisotopic (exact) mass is 422 g/mol. The second-order valence-electron chi connectivity index (χ2n) is 9.09. The van der Waals surface area contributed by atoms with Gasteiger partial charge < -0.3 is 20.4 Å². The first kappa shape index (κ1) is 20.7. The normalized spacial score (nSPS) is 23.6. The van der Waals surface area contributed by atoms with Crippen molar-refractivity contribution in [3.8, 4) is 0 Å². The van der Waals surface area contributed by atoms with Crippen LogP contribution in [0.5, 0.6) is 0 Å². The summed E-state index contributed by atoms with van der Waals surface area (Å²) in [4.78, 5) is 37.3. The number of hydrogen-bond donors (Lipinski definition) is 2. The number of amides is 2. The van der Waals surface area contributed by atoms with Gasteiger partial charge in [0.1, 0.15) is 11.7 Å². The van der Waals surface area contributed by atoms with Crippen molar-refractivity contribution in [3.05, 3.63) is 5.69 Å². The number of hydrogen-bond acceptors (Lipinski definition) is 6. The van der Waals surface area contributed by atoms with E-state index in [1.807, 2.05) is 32.7 Å². The van der Waals surface area contributed by atoms with Gasteiger partial charge in [0.05, 0.1) is 11.7 Å². The van der Waals surface area contributed by atoms with Crippen LogP contribution in [-0.2, 0) is 9.59 Å². The van der Waals surface area contributed by atoms with Gasteiger partial charge in [-0.1, -0.05) is 13.8 Å². The van der Waals surface area contributed by atoms with Crippen molar-refractivity contribution in [2.75, 3.05) is 35.7 Å². The number of aryl methyl sites for hydroxylation is 1. The molecule has 2 N–H and O–H groups in total. The molecule has 1 saturated carbocycles. The van der Waals surface area contributed by atoms with Crippen LogP contribution in [-0.4, -0.2) is 64.8 Å². The zero-order valence-corrected chi connectivity index (χ0v) is 17.7. The van der Waals surface area contributed by atoms with Crippen LogP contribution in [0.4, 0.5) is 26.2 Å². The number of nitrogens with one attached hydrogen (secondary N) is 2. The van der Waals surface area contributed by atoms with E-state index >= 15 is 0 Å². The Hall–Kier alpha value is -2.52. The fourth-order valence-corrected chi connectivity index (χ4v) is 4.54. The lowest BCUT2D eigenvalue weighted by Gasteiger charge is -2.42. The predicted molar refractivity (Wildman–Crippen MR) is 109 cm³/mol. The molecule has 0 aromatic carbocycles. The number of carbonyl (C=O) groups excluding carboxylic acids is 2. The molecular formula is C20H28F2N6O2. The molecule has 1 aromatic rings. The standard InChI is InChI=1S/C20H28F2N6O2/c1-10(2)16-18(30)25-15-11(3)23-19(26-17(15)27(16)4)24-13-8-28(9-13)14(29)5-12-6-20(21,22)7-12/h10,12-13,16H,5-9H2,1-4H3,(H,25,30)(H,23,24,26)/t16-/m0/s1. The zero-order valence-electron chi connectivity index (χ0n) is 17.7. The Kier molecular flexibility index (Phi) is 5.06. The van der Waals surface area contributed by atoms with Crippen molar-refractivity contribution in [3.63, 3.8) is 0 Å². The third kappa shape index (κ3) is 3.79. The third-order valence-corrected chi connectivity index (χ3v) is 6.18. The Labute approximate surface area is 174 Å². The third-order valence-electron chi connectivity index (χ3n) is 6.18. The molecule has 1 saturated heterocycles. The van der Waals surface area contributed by atoms with Crippen LogP contribution >= 0.6 is 0 Å². The molecule has 8 nitrogen and oxygen atoms in total. The lowest BCUT2D eigenvalue weighted by atomic mass is 9.79. The molecule has 3 heterocycles. The van der Waals surface area contributed by atoms with Crippen LogP contribution < -0.4 is 15.5 Å². The maximum absolute atomic E-state index is 12.9. The van der Waals surface area contributed by atoms with Gasteiger partial charge in [-0.2, -0.15) is 4.98 Å². The summed E-state index contributed by atoms with van der Waals surface area (Å²) in [5.41, 5.74) is 1.29. The van der Waals surface area contributed by atoms with E-state index in [1.165, 1.54) is 0 Å². The summed E-state index contributed by atoms with van der Waals surface area (Å²) in [7, 11) is 1.85. The molecule has 164 valence electrons. The summed E-state index contributed by atoms with van der Waals surface area (Å²) in [5.74, 6) is -1.69. The first-order valence-electron chi connectivity index (χ1n) is 10.4. The van der Waals surface area contributed by atoms with Crippen molar-refractivity contribution in [2.45, 2.75) is 58.0 Å². The highest BCUT2D eigenvalue weighted by Crippen LogP contribution is 2.44. The fraction of sp³-hybridized carbons (Fsp3) is 0.700. The number of rotatable bonds is 5. The summed E-state index contributed by atoms with van der Waals surface area (Å²) < 4.78 is 25.9. The summed E-state index contributed by atoms with van der Waals surface area (Å²) in [6, 6.07) is -0.297. The number of alkyl halides is 2. The Bertz CT molecular complexity index is 863. The SMILES string of the molecule is Cc1nc(NC2CN(C(=O)CC3CC(F)(F)C3)C2)nc2c1NC(=O)[C@H](C(C)C)N2C. The van der Waals surface area contributed by atoms with E-state index < -0.39 is 5.92 Å². The molecule has 0 unspecified atom stereocenters. The Morgan fingerprint density at radius 1 is 1.30 bits per heavy atom. The number of likely N-dealkylation sites (tertiary alicyclic amines) is 1. The molecular weight excluding hydrogens is 394 g/mol. The quantitative estimate of drug-likeness (QED) is 0.757. The maximum Gasteiger partial charge on any atom is 0.248 e. The summed E-state index contributed by atoms with van der Waals surface area (Å²) in [6.07, 6.45) is -0.173. The molecule has 0 bridgehead atoms. The van der Waals surface area contributed by atoms with E-state index in [0.717, 1.165) is 0 Å². The highest BCUT2D eigenvalue weighted by atomic mass is 19.3. The molecule has 2 fully saturated rings. The Morgan fingerprint density at radius 2 is 1.97 bits per heavy atom. The second-order valence-corrected chi connectivity index (χ2v) is 9.09. The van der Waals surface area contributed by atoms with Crippen molar-refractivity contribution >= 4 is 29.3 Å². The van der Waals surface area contributed by atoms with Crippen molar-refractivity contribution in [1.29, 1.82) is 0 Å². The van der Waals surface area contributed by atoms with Crippen LogP contribution in [0.15, 0.2) is 0 Å². The Balaban J connectivity index is 1.36. The Morgan fingerprint density at radius 3 is 2.57 bits per heavy atom. The van der Waals surface area contributed by atoms with E-state index in [-0.39, 0.29) is 55.0 Å². The van der Waals surface area contributed by atoms with Gasteiger partial charge in [-0.25, -0.2) is 13.8 Å². The average molecular weight is 422 g/mol. The first-order chi connectivity index (χ1) is 14.0. The number of halogens is 2. The van der Waals surface area contributed by atoms with E-state index in [9.17, 15) is 18.4 Å². The first-order valence-corrected chi connectivity index (χ1v) is 10.4. The van der Waals surface area contributed by atoms with E-state index in [0.29, 0.717) is 36.2 Å². The van der Waals surface area contributed by atoms with Gasteiger partial charge in [0.2, 0.25) is 23.7 Å². The summed E-state index contributed by atoms with van der Waals surface area (Å²) in [5, 5.41) is 6.16. The van der Waals surface area contributed by atoms with Crippen LogP contribution in [0, 0.1) is 18.8 Å². The van der Waals surface area contributed by atoms with E-state index in [2.05, 4.69) is 20.6 Å². The maximum atomic E-state index is 12.9. The molecule has 10 heteroatoms. The second kappa shape index (κ2) is 7.31. The van der Waals surface area contributed by atoms with Gasteiger partial charge in [0.15, 0.2) is 5.82 Å². The molecule has 0 radical (unpaired) electrons. The van der Waals surface area contributed by atoms with Gasteiger partial charge in [-0.05, 0) is 18.8 Å². The van der Waals surface area contributed by atoms with Crippen molar-refractivity contribution < 1.29 is 18.4 Å². The average Bonchev–Trinajstić information content (AvgIpc) is 2.56. The number of nitrogens with zero attached hydrogens (tertiary/aromatic N) is 4. The molecule has 3 aliphatic rings. The lowest BCUT2D eigenvalue weighted by molar-refractivity contribution is -0.145. The highest BCUT2D eigenvalue weighted by molar-refractivity contribution is 6.03. The van der Waals surface area contributed by atoms with Gasteiger partial charge in [-0.15, -0.1) is 0 Å². The summed E-state index contributed by atoms with van der Waals surface area (Å²) >= 11 is 0. The molecule has 2 aliphatic heterocycles. The predicted octanol–water partition coefficient (Wildman–Crippen LogP) is 2.26. The molecule has 1 aromatic heterocycles. The van der Waals surface area contributed by atoms with Crippen LogP contribution in [0.1, 0.15) is 38.8 Å². The lowest BCUT2D eigenvalue weighted by Crippen LogP contribution is -2.58. The molecule has 4 rings (SSSR count). The van der Waals surface area contributed by atoms with Crippen molar-refractivity contribution in [2.24, 2.45) is 11.8 Å². The van der Waals surface area contributed by atoms with Crippen LogP contribution in [0.2, 0.25) is 0 Å². The van der Waals surface area contributed by atoms with Gasteiger partial charge in [0, 0.05) is 39.4 Å². The van der Waals surface area contributed by atoms with Crippen molar-refractivity contribution in [1.82, 2.24) is 14.9 Å². The fourth-order valence-electron chi connectivity index (χ4n) is 4.54. The molecule has 0 spiro atoms. The molecule has 2 amide bonds. The summed E-state index contributed by atoms with van der Waals surface area (Å²) in [6.45, 7) is 6.80. The van der Waals surface area contributed by atoms with Crippen LogP contribution in [0.25, 0.3) is 0 Å². The number of aromatic nitrogens is 2. The molecule has 1 atom stereocenters. The van der Waals surface area contributed by atoms with Gasteiger partial charge >= 0.3 is 0 Å². The minimum absolute atomic E-state index is 0.0126. The van der Waals surface area contributed by atoms with Gasteiger partial charge in [-0.3, -0.25) is 9.59 Å². The largest absolute Gasteiger partial charge is 0.348 e. The minimum atomic E-state index is -2.59. The van der Waals surface area contributed by atoms with Crippen LogP contribution in [0.3, 0.4) is 0 Å². The molecule has 1 aliphatic carbocycles.